The molecule has 1 aliphatic heterocycles. The van der Waals surface area contributed by atoms with Gasteiger partial charge in [-0.3, -0.25) is 14.9 Å². The maximum atomic E-state index is 11.0. The standard InChI is InChI=1S/C8H14N2O3/c1-8(2,13)4-9-5-3-6(11)10-7(5)12/h5,9,13H,3-4H2,1-2H3,(H,10,11,12). The van der Waals surface area contributed by atoms with Crippen LogP contribution in [0.15, 0.2) is 0 Å². The summed E-state index contributed by atoms with van der Waals surface area (Å²) in [5.74, 6) is -0.576. The van der Waals surface area contributed by atoms with Crippen LogP contribution < -0.4 is 10.6 Å². The fraction of sp³-hybridized carbons (Fsp3) is 0.750. The van der Waals surface area contributed by atoms with Crippen molar-refractivity contribution in [1.29, 1.82) is 0 Å². The Labute approximate surface area is 76.5 Å². The SMILES string of the molecule is CC(C)(O)CNC1CC(=O)NC1=O. The molecule has 5 heteroatoms. The van der Waals surface area contributed by atoms with Crippen LogP contribution in [0.3, 0.4) is 0 Å². The van der Waals surface area contributed by atoms with Crippen molar-refractivity contribution in [3.63, 3.8) is 0 Å². The second-order valence-electron chi connectivity index (χ2n) is 3.86. The van der Waals surface area contributed by atoms with Crippen LogP contribution in [0.2, 0.25) is 0 Å². The van der Waals surface area contributed by atoms with Gasteiger partial charge in [-0.2, -0.15) is 0 Å². The molecular weight excluding hydrogens is 172 g/mol. The number of carbonyl (C=O) groups excluding carboxylic acids is 2. The van der Waals surface area contributed by atoms with Gasteiger partial charge in [0.25, 0.3) is 0 Å². The molecule has 2 amide bonds. The minimum Gasteiger partial charge on any atom is -0.389 e. The minimum absolute atomic E-state index is 0.162. The van der Waals surface area contributed by atoms with Crippen molar-refractivity contribution in [2.75, 3.05) is 6.54 Å². The summed E-state index contributed by atoms with van der Waals surface area (Å²) >= 11 is 0. The van der Waals surface area contributed by atoms with Gasteiger partial charge >= 0.3 is 0 Å². The molecule has 0 radical (unpaired) electrons. The van der Waals surface area contributed by atoms with E-state index in [1.54, 1.807) is 13.8 Å². The summed E-state index contributed by atoms with van der Waals surface area (Å²) in [5, 5.41) is 14.4. The third-order valence-corrected chi connectivity index (χ3v) is 1.75. The highest BCUT2D eigenvalue weighted by Gasteiger charge is 2.31. The molecule has 1 unspecified atom stereocenters. The molecule has 1 aliphatic rings. The number of aliphatic hydroxyl groups is 1. The molecule has 1 rings (SSSR count). The molecule has 1 heterocycles. The summed E-state index contributed by atoms with van der Waals surface area (Å²) in [4.78, 5) is 21.8. The van der Waals surface area contributed by atoms with E-state index in [4.69, 9.17) is 0 Å². The van der Waals surface area contributed by atoms with Gasteiger partial charge in [-0.1, -0.05) is 0 Å². The predicted molar refractivity (Wildman–Crippen MR) is 45.9 cm³/mol. The molecule has 0 spiro atoms. The lowest BCUT2D eigenvalue weighted by Crippen LogP contribution is -2.43. The molecule has 0 bridgehead atoms. The molecule has 5 nitrogen and oxygen atoms in total. The van der Waals surface area contributed by atoms with Gasteiger partial charge < -0.3 is 10.4 Å². The van der Waals surface area contributed by atoms with Gasteiger partial charge in [0.05, 0.1) is 18.1 Å². The zero-order chi connectivity index (χ0) is 10.1. The number of hydrogen-bond acceptors (Lipinski definition) is 4. The van der Waals surface area contributed by atoms with Crippen molar-refractivity contribution in [3.05, 3.63) is 0 Å². The molecule has 0 aromatic heterocycles. The summed E-state index contributed by atoms with van der Waals surface area (Å²) in [6.45, 7) is 3.56. The normalized spacial score (nSPS) is 23.5. The quantitative estimate of drug-likeness (QED) is 0.482. The summed E-state index contributed by atoms with van der Waals surface area (Å²) < 4.78 is 0. The fourth-order valence-corrected chi connectivity index (χ4v) is 1.09. The molecule has 1 saturated heterocycles. The first-order valence-electron chi connectivity index (χ1n) is 4.18. The van der Waals surface area contributed by atoms with Crippen molar-refractivity contribution in [1.82, 2.24) is 10.6 Å². The molecule has 0 aliphatic carbocycles. The number of amides is 2. The third kappa shape index (κ3) is 3.12. The van der Waals surface area contributed by atoms with Gasteiger partial charge in [0.15, 0.2) is 0 Å². The Morgan fingerprint density at radius 2 is 2.23 bits per heavy atom. The van der Waals surface area contributed by atoms with E-state index in [2.05, 4.69) is 10.6 Å². The molecule has 0 aromatic rings. The van der Waals surface area contributed by atoms with Crippen LogP contribution in [0, 0.1) is 0 Å². The van der Waals surface area contributed by atoms with E-state index >= 15 is 0 Å². The van der Waals surface area contributed by atoms with Crippen LogP contribution in [-0.2, 0) is 9.59 Å². The van der Waals surface area contributed by atoms with Crippen LogP contribution in [0.5, 0.6) is 0 Å². The van der Waals surface area contributed by atoms with Gasteiger partial charge in [-0.05, 0) is 13.8 Å². The maximum absolute atomic E-state index is 11.0. The van der Waals surface area contributed by atoms with Crippen LogP contribution in [0.25, 0.3) is 0 Å². The zero-order valence-corrected chi connectivity index (χ0v) is 7.76. The number of rotatable bonds is 3. The number of hydrogen-bond donors (Lipinski definition) is 3. The number of imide groups is 1. The monoisotopic (exact) mass is 186 g/mol. The average Bonchev–Trinajstić information content (AvgIpc) is 2.24. The van der Waals surface area contributed by atoms with Crippen molar-refractivity contribution in [2.24, 2.45) is 0 Å². The Kier molecular flexibility index (Phi) is 2.68. The lowest BCUT2D eigenvalue weighted by Gasteiger charge is -2.19. The molecule has 1 fully saturated rings. The molecule has 74 valence electrons. The van der Waals surface area contributed by atoms with Gasteiger partial charge in [-0.25, -0.2) is 0 Å². The van der Waals surface area contributed by atoms with Gasteiger partial charge in [0.2, 0.25) is 11.8 Å². The molecule has 0 aromatic carbocycles. The Hall–Kier alpha value is -0.940. The van der Waals surface area contributed by atoms with Gasteiger partial charge in [0, 0.05) is 6.54 Å². The summed E-state index contributed by atoms with van der Waals surface area (Å²) in [6.07, 6.45) is 0.162. The summed E-state index contributed by atoms with van der Waals surface area (Å²) in [6, 6.07) is -0.487. The van der Waals surface area contributed by atoms with Crippen molar-refractivity contribution in [2.45, 2.75) is 31.9 Å². The van der Waals surface area contributed by atoms with Crippen molar-refractivity contribution < 1.29 is 14.7 Å². The highest BCUT2D eigenvalue weighted by Crippen LogP contribution is 2.04. The Bertz CT molecular complexity index is 232. The Morgan fingerprint density at radius 3 is 2.62 bits per heavy atom. The Morgan fingerprint density at radius 1 is 1.62 bits per heavy atom. The van der Waals surface area contributed by atoms with Crippen molar-refractivity contribution in [3.8, 4) is 0 Å². The molecule has 13 heavy (non-hydrogen) atoms. The van der Waals surface area contributed by atoms with E-state index in [1.165, 1.54) is 0 Å². The largest absolute Gasteiger partial charge is 0.389 e. The second kappa shape index (κ2) is 3.43. The van der Waals surface area contributed by atoms with Crippen LogP contribution >= 0.6 is 0 Å². The Balaban J connectivity index is 2.38. The van der Waals surface area contributed by atoms with Gasteiger partial charge in [0.1, 0.15) is 0 Å². The zero-order valence-electron chi connectivity index (χ0n) is 7.76. The summed E-state index contributed by atoms with van der Waals surface area (Å²) in [7, 11) is 0. The maximum Gasteiger partial charge on any atom is 0.244 e. The minimum atomic E-state index is -0.869. The molecule has 0 saturated carbocycles. The molecule has 3 N–H and O–H groups in total. The third-order valence-electron chi connectivity index (χ3n) is 1.75. The average molecular weight is 186 g/mol. The second-order valence-corrected chi connectivity index (χ2v) is 3.86. The molecular formula is C8H14N2O3. The van der Waals surface area contributed by atoms with E-state index in [-0.39, 0.29) is 18.2 Å². The van der Waals surface area contributed by atoms with Crippen LogP contribution in [0.4, 0.5) is 0 Å². The van der Waals surface area contributed by atoms with E-state index in [0.717, 1.165) is 0 Å². The van der Waals surface area contributed by atoms with E-state index < -0.39 is 11.6 Å². The lowest BCUT2D eigenvalue weighted by atomic mass is 10.1. The number of carbonyl (C=O) groups is 2. The first-order chi connectivity index (χ1) is 5.88. The topological polar surface area (TPSA) is 78.4 Å². The highest BCUT2D eigenvalue weighted by atomic mass is 16.3. The van der Waals surface area contributed by atoms with Gasteiger partial charge in [-0.15, -0.1) is 0 Å². The summed E-state index contributed by atoms with van der Waals surface area (Å²) in [5.41, 5.74) is -0.869. The highest BCUT2D eigenvalue weighted by molar-refractivity contribution is 6.05. The number of nitrogens with one attached hydrogen (secondary N) is 2. The van der Waals surface area contributed by atoms with Crippen LogP contribution in [0.1, 0.15) is 20.3 Å². The van der Waals surface area contributed by atoms with E-state index in [0.29, 0.717) is 6.54 Å². The van der Waals surface area contributed by atoms with E-state index in [1.807, 2.05) is 0 Å². The first kappa shape index (κ1) is 10.1. The smallest absolute Gasteiger partial charge is 0.244 e. The first-order valence-corrected chi connectivity index (χ1v) is 4.18. The predicted octanol–water partition coefficient (Wildman–Crippen LogP) is -1.24. The molecule has 1 atom stereocenters. The van der Waals surface area contributed by atoms with Crippen molar-refractivity contribution >= 4 is 11.8 Å². The fourth-order valence-electron chi connectivity index (χ4n) is 1.09. The lowest BCUT2D eigenvalue weighted by molar-refractivity contribution is -0.125. The van der Waals surface area contributed by atoms with E-state index in [9.17, 15) is 14.7 Å². The van der Waals surface area contributed by atoms with Crippen LogP contribution in [-0.4, -0.2) is 35.1 Å².